The highest BCUT2D eigenvalue weighted by Crippen LogP contribution is 2.24. The Morgan fingerprint density at radius 2 is 2.00 bits per heavy atom. The molecule has 0 atom stereocenters. The first kappa shape index (κ1) is 9.80. The van der Waals surface area contributed by atoms with Crippen LogP contribution in [0.25, 0.3) is 0 Å². The van der Waals surface area contributed by atoms with Crippen LogP contribution in [0.1, 0.15) is 0 Å². The van der Waals surface area contributed by atoms with Crippen LogP contribution in [0.4, 0.5) is 0 Å². The first-order valence-electron chi connectivity index (χ1n) is 2.15. The second-order valence-electron chi connectivity index (χ2n) is 1.37. The van der Waals surface area contributed by atoms with Crippen LogP contribution < -0.4 is 11.0 Å². The summed E-state index contributed by atoms with van der Waals surface area (Å²) < 4.78 is 34.1. The predicted octanol–water partition coefficient (Wildman–Crippen LogP) is -1.29. The molecule has 10 heavy (non-hydrogen) atoms. The van der Waals surface area contributed by atoms with Crippen molar-refractivity contribution in [2.45, 2.75) is 0 Å². The minimum absolute atomic E-state index is 0.361. The maximum Gasteiger partial charge on any atom is 0.335 e. The zero-order chi connectivity index (χ0) is 8.20. The normalized spacial score (nSPS) is 11.0. The SMILES string of the molecule is NP(N)(=O)OCC=S(=O)=O. The number of hydrogen-bond donors (Lipinski definition) is 2. The van der Waals surface area contributed by atoms with E-state index >= 15 is 0 Å². The molecule has 0 fully saturated rings. The summed E-state index contributed by atoms with van der Waals surface area (Å²) in [5.41, 5.74) is 9.42. The van der Waals surface area contributed by atoms with Crippen molar-refractivity contribution in [1.82, 2.24) is 0 Å². The Balaban J connectivity index is 3.80. The highest BCUT2D eigenvalue weighted by Gasteiger charge is 2.05. The third-order valence-corrected chi connectivity index (χ3v) is 1.44. The lowest BCUT2D eigenvalue weighted by molar-refractivity contribution is 0.369. The minimum Gasteiger partial charge on any atom is -0.301 e. The van der Waals surface area contributed by atoms with E-state index in [1.54, 1.807) is 0 Å². The monoisotopic (exact) mass is 186 g/mol. The van der Waals surface area contributed by atoms with Crippen LogP contribution in [0, 0.1) is 0 Å². The third kappa shape index (κ3) is 7.80. The topological polar surface area (TPSA) is 112 Å². The Morgan fingerprint density at radius 3 is 2.30 bits per heavy atom. The summed E-state index contributed by atoms with van der Waals surface area (Å²) in [5.74, 6) is 0. The van der Waals surface area contributed by atoms with Crippen molar-refractivity contribution in [2.75, 3.05) is 6.61 Å². The van der Waals surface area contributed by atoms with Crippen molar-refractivity contribution < 1.29 is 17.5 Å². The van der Waals surface area contributed by atoms with Gasteiger partial charge in [-0.3, -0.25) is 4.57 Å². The molecule has 0 radical (unpaired) electrons. The standard InChI is InChI=1S/C2H7N2O4PS/c3-9(4,5)8-1-2-10(6)7/h2H,1H2,(H4,3,4,5). The molecule has 0 aromatic carbocycles. The quantitative estimate of drug-likeness (QED) is 0.418. The lowest BCUT2D eigenvalue weighted by Gasteiger charge is -2.01. The summed E-state index contributed by atoms with van der Waals surface area (Å²) in [6.07, 6.45) is 0. The van der Waals surface area contributed by atoms with Crippen LogP contribution in [-0.4, -0.2) is 20.4 Å². The van der Waals surface area contributed by atoms with E-state index in [9.17, 15) is 13.0 Å². The molecule has 0 aliphatic rings. The van der Waals surface area contributed by atoms with Crippen molar-refractivity contribution in [1.29, 1.82) is 0 Å². The Hall–Kier alpha value is -0.200. The maximum atomic E-state index is 10.3. The van der Waals surface area contributed by atoms with Crippen LogP contribution >= 0.6 is 7.67 Å². The van der Waals surface area contributed by atoms with Crippen LogP contribution in [0.2, 0.25) is 0 Å². The molecule has 8 heteroatoms. The van der Waals surface area contributed by atoms with Gasteiger partial charge in [0.1, 0.15) is 0 Å². The molecule has 0 saturated heterocycles. The molecular weight excluding hydrogens is 179 g/mol. The summed E-state index contributed by atoms with van der Waals surface area (Å²) in [6.45, 7) is -0.361. The van der Waals surface area contributed by atoms with E-state index in [2.05, 4.69) is 4.52 Å². The van der Waals surface area contributed by atoms with Gasteiger partial charge in [-0.1, -0.05) is 0 Å². The highest BCUT2D eigenvalue weighted by molar-refractivity contribution is 7.71. The fraction of sp³-hybridized carbons (Fsp3) is 0.500. The van der Waals surface area contributed by atoms with Gasteiger partial charge in [-0.25, -0.2) is 11.0 Å². The fourth-order valence-electron chi connectivity index (χ4n) is 0.202. The van der Waals surface area contributed by atoms with Crippen molar-refractivity contribution in [3.8, 4) is 0 Å². The van der Waals surface area contributed by atoms with Gasteiger partial charge >= 0.3 is 7.67 Å². The largest absolute Gasteiger partial charge is 0.335 e. The van der Waals surface area contributed by atoms with Gasteiger partial charge in [0.15, 0.2) is 0 Å². The summed E-state index contributed by atoms with van der Waals surface area (Å²) in [6, 6.07) is 0. The van der Waals surface area contributed by atoms with Gasteiger partial charge < -0.3 is 4.52 Å². The number of rotatable bonds is 3. The highest BCUT2D eigenvalue weighted by atomic mass is 32.2. The Morgan fingerprint density at radius 1 is 1.50 bits per heavy atom. The molecule has 0 amide bonds. The summed E-state index contributed by atoms with van der Waals surface area (Å²) in [4.78, 5) is 0. The molecule has 0 aromatic rings. The molecule has 0 saturated carbocycles. The molecule has 60 valence electrons. The molecule has 0 rings (SSSR count). The van der Waals surface area contributed by atoms with E-state index < -0.39 is 18.0 Å². The van der Waals surface area contributed by atoms with E-state index in [0.717, 1.165) is 5.37 Å². The summed E-state index contributed by atoms with van der Waals surface area (Å²) in [5, 5.41) is 0.756. The Bertz CT molecular complexity index is 253. The van der Waals surface area contributed by atoms with Crippen LogP contribution in [0.3, 0.4) is 0 Å². The molecule has 0 heterocycles. The van der Waals surface area contributed by atoms with Crippen LogP contribution in [-0.2, 0) is 19.4 Å². The lowest BCUT2D eigenvalue weighted by atomic mass is 10.9. The van der Waals surface area contributed by atoms with Gasteiger partial charge in [-0.05, 0) is 0 Å². The van der Waals surface area contributed by atoms with E-state index in [4.69, 9.17) is 11.0 Å². The van der Waals surface area contributed by atoms with E-state index in [1.165, 1.54) is 0 Å². The predicted molar refractivity (Wildman–Crippen MR) is 36.9 cm³/mol. The smallest absolute Gasteiger partial charge is 0.301 e. The number of nitrogens with two attached hydrogens (primary N) is 2. The molecule has 4 N–H and O–H groups in total. The van der Waals surface area contributed by atoms with Crippen molar-refractivity contribution in [2.24, 2.45) is 11.0 Å². The summed E-state index contributed by atoms with van der Waals surface area (Å²) >= 11 is 0. The van der Waals surface area contributed by atoms with Gasteiger partial charge in [0.2, 0.25) is 10.3 Å². The average molecular weight is 186 g/mol. The first-order chi connectivity index (χ1) is 4.42. The lowest BCUT2D eigenvalue weighted by Crippen LogP contribution is -2.09. The molecule has 0 aromatic heterocycles. The van der Waals surface area contributed by atoms with E-state index in [-0.39, 0.29) is 6.61 Å². The fourth-order valence-corrected chi connectivity index (χ4v) is 0.790. The van der Waals surface area contributed by atoms with Crippen molar-refractivity contribution >= 4 is 23.3 Å². The molecule has 6 nitrogen and oxygen atoms in total. The molecule has 0 spiro atoms. The first-order valence-corrected chi connectivity index (χ1v) is 5.05. The average Bonchev–Trinajstić information content (AvgIpc) is 1.59. The Kier molecular flexibility index (Phi) is 3.77. The molecule has 0 unspecified atom stereocenters. The zero-order valence-corrected chi connectivity index (χ0v) is 6.64. The van der Waals surface area contributed by atoms with Gasteiger partial charge in [0, 0.05) is 0 Å². The Labute approximate surface area is 59.2 Å². The van der Waals surface area contributed by atoms with Gasteiger partial charge in [0.25, 0.3) is 0 Å². The number of hydrogen-bond acceptors (Lipinski definition) is 4. The van der Waals surface area contributed by atoms with E-state index in [1.807, 2.05) is 0 Å². The molecule has 0 bridgehead atoms. The van der Waals surface area contributed by atoms with Crippen molar-refractivity contribution in [3.63, 3.8) is 0 Å². The van der Waals surface area contributed by atoms with Crippen molar-refractivity contribution in [3.05, 3.63) is 0 Å². The minimum atomic E-state index is -3.53. The zero-order valence-electron chi connectivity index (χ0n) is 4.93. The summed E-state index contributed by atoms with van der Waals surface area (Å²) in [7, 11) is -5.86. The molecular formula is C2H7N2O4PS. The molecule has 0 aliphatic carbocycles. The van der Waals surface area contributed by atoms with E-state index in [0.29, 0.717) is 0 Å². The van der Waals surface area contributed by atoms with Gasteiger partial charge in [0.05, 0.1) is 12.0 Å². The van der Waals surface area contributed by atoms with Gasteiger partial charge in [-0.15, -0.1) is 0 Å². The third-order valence-electron chi connectivity index (χ3n) is 0.480. The second kappa shape index (κ2) is 3.85. The van der Waals surface area contributed by atoms with Gasteiger partial charge in [-0.2, -0.15) is 8.42 Å². The second-order valence-corrected chi connectivity index (χ2v) is 3.77. The van der Waals surface area contributed by atoms with Crippen LogP contribution in [0.5, 0.6) is 0 Å². The maximum absolute atomic E-state index is 10.3. The van der Waals surface area contributed by atoms with Crippen LogP contribution in [0.15, 0.2) is 0 Å². The molecule has 0 aliphatic heterocycles.